The molecule has 36 heavy (non-hydrogen) atoms. The molecule has 5 nitrogen and oxygen atoms in total. The number of para-hydroxylation sites is 1. The van der Waals surface area contributed by atoms with Crippen LogP contribution in [0.4, 0.5) is 5.69 Å². The fourth-order valence-electron chi connectivity index (χ4n) is 5.11. The highest BCUT2D eigenvalue weighted by Gasteiger charge is 2.20. The number of nitrogens with zero attached hydrogens (tertiary/aromatic N) is 2. The Kier molecular flexibility index (Phi) is 7.28. The second kappa shape index (κ2) is 10.9. The third-order valence-corrected chi connectivity index (χ3v) is 7.04. The summed E-state index contributed by atoms with van der Waals surface area (Å²) >= 11 is 0. The van der Waals surface area contributed by atoms with Crippen molar-refractivity contribution in [3.05, 3.63) is 94.7 Å². The third-order valence-electron chi connectivity index (χ3n) is 7.04. The van der Waals surface area contributed by atoms with E-state index in [1.807, 2.05) is 18.2 Å². The van der Waals surface area contributed by atoms with Gasteiger partial charge < -0.3 is 10.2 Å². The zero-order valence-corrected chi connectivity index (χ0v) is 21.1. The van der Waals surface area contributed by atoms with E-state index in [0.29, 0.717) is 12.3 Å². The summed E-state index contributed by atoms with van der Waals surface area (Å²) in [5, 5.41) is 11.9. The Morgan fingerprint density at radius 3 is 2.72 bits per heavy atom. The van der Waals surface area contributed by atoms with Gasteiger partial charge in [-0.3, -0.25) is 9.89 Å². The molecule has 1 amide bonds. The molecule has 1 unspecified atom stereocenters. The van der Waals surface area contributed by atoms with Crippen molar-refractivity contribution < 1.29 is 4.79 Å². The SMILES string of the molecule is CCCN(C)Cc1ccc(/C=C/c2n[nH]c3cc(C4CCC(=O)Nc5ccccc5C4)ccc23)cc1. The van der Waals surface area contributed by atoms with Gasteiger partial charge in [-0.2, -0.15) is 5.10 Å². The van der Waals surface area contributed by atoms with Crippen LogP contribution in [0.15, 0.2) is 66.7 Å². The Balaban J connectivity index is 1.32. The smallest absolute Gasteiger partial charge is 0.224 e. The van der Waals surface area contributed by atoms with Gasteiger partial charge in [0.05, 0.1) is 11.2 Å². The number of rotatable bonds is 7. The molecule has 2 heterocycles. The second-order valence-electron chi connectivity index (χ2n) is 9.87. The number of carbonyl (C=O) groups is 1. The van der Waals surface area contributed by atoms with E-state index >= 15 is 0 Å². The summed E-state index contributed by atoms with van der Waals surface area (Å²) in [4.78, 5) is 14.7. The Bertz CT molecular complexity index is 1370. The van der Waals surface area contributed by atoms with Crippen LogP contribution < -0.4 is 5.32 Å². The number of benzene rings is 3. The number of amides is 1. The summed E-state index contributed by atoms with van der Waals surface area (Å²) in [7, 11) is 2.16. The van der Waals surface area contributed by atoms with Crippen LogP contribution >= 0.6 is 0 Å². The molecule has 0 aliphatic carbocycles. The Hall–Kier alpha value is -3.70. The van der Waals surface area contributed by atoms with E-state index in [4.69, 9.17) is 0 Å². The number of hydrogen-bond acceptors (Lipinski definition) is 3. The van der Waals surface area contributed by atoms with Crippen molar-refractivity contribution in [2.45, 2.75) is 45.1 Å². The number of hydrogen-bond donors (Lipinski definition) is 2. The molecule has 1 aliphatic rings. The molecule has 1 atom stereocenters. The first-order valence-corrected chi connectivity index (χ1v) is 12.9. The molecule has 184 valence electrons. The minimum Gasteiger partial charge on any atom is -0.326 e. The quantitative estimate of drug-likeness (QED) is 0.313. The van der Waals surface area contributed by atoms with E-state index in [0.717, 1.165) is 53.8 Å². The molecule has 0 saturated heterocycles. The molecule has 1 aliphatic heterocycles. The summed E-state index contributed by atoms with van der Waals surface area (Å²) in [6.45, 7) is 4.29. The molecule has 0 spiro atoms. The van der Waals surface area contributed by atoms with Crippen LogP contribution in [0.2, 0.25) is 0 Å². The van der Waals surface area contributed by atoms with Gasteiger partial charge in [0.1, 0.15) is 0 Å². The van der Waals surface area contributed by atoms with Crippen LogP contribution in [0, 0.1) is 0 Å². The van der Waals surface area contributed by atoms with E-state index in [2.05, 4.69) is 95.1 Å². The summed E-state index contributed by atoms with van der Waals surface area (Å²) in [5.74, 6) is 0.377. The van der Waals surface area contributed by atoms with E-state index in [-0.39, 0.29) is 5.91 Å². The maximum absolute atomic E-state index is 12.3. The summed E-state index contributed by atoms with van der Waals surface area (Å²) in [6, 6.07) is 23.4. The van der Waals surface area contributed by atoms with Gasteiger partial charge in [-0.25, -0.2) is 0 Å². The van der Waals surface area contributed by atoms with Crippen molar-refractivity contribution in [1.82, 2.24) is 15.1 Å². The average molecular weight is 479 g/mol. The van der Waals surface area contributed by atoms with Gasteiger partial charge in [-0.15, -0.1) is 0 Å². The number of nitrogens with one attached hydrogen (secondary N) is 2. The van der Waals surface area contributed by atoms with Gasteiger partial charge in [-0.1, -0.05) is 67.6 Å². The standard InChI is InChI=1S/C31H34N4O/c1-3-18-35(2)21-23-10-8-22(9-11-23)12-16-29-27-15-13-25(20-30(27)34-33-29)24-14-17-31(36)32-28-7-5-4-6-26(28)19-24/h4-13,15-16,20,24H,3,14,17-19,21H2,1-2H3,(H,32,36)(H,33,34)/b16-12+. The molecule has 0 saturated carbocycles. The number of carbonyl (C=O) groups excluding carboxylic acids is 1. The molecule has 5 heteroatoms. The van der Waals surface area contributed by atoms with Crippen LogP contribution in [-0.4, -0.2) is 34.6 Å². The first kappa shape index (κ1) is 24.0. The lowest BCUT2D eigenvalue weighted by Gasteiger charge is -2.22. The number of anilines is 1. The molecule has 1 aromatic heterocycles. The van der Waals surface area contributed by atoms with Gasteiger partial charge in [0, 0.05) is 24.0 Å². The molecule has 0 radical (unpaired) electrons. The van der Waals surface area contributed by atoms with Gasteiger partial charge in [0.15, 0.2) is 0 Å². The fourth-order valence-corrected chi connectivity index (χ4v) is 5.11. The highest BCUT2D eigenvalue weighted by atomic mass is 16.1. The first-order valence-electron chi connectivity index (χ1n) is 12.9. The van der Waals surface area contributed by atoms with Gasteiger partial charge in [0.25, 0.3) is 0 Å². The minimum absolute atomic E-state index is 0.0863. The number of fused-ring (bicyclic) bond motifs is 2. The number of H-pyrrole nitrogens is 1. The van der Waals surface area contributed by atoms with Crippen molar-refractivity contribution >= 4 is 34.6 Å². The summed E-state index contributed by atoms with van der Waals surface area (Å²) in [5.41, 5.74) is 7.82. The molecule has 0 bridgehead atoms. The highest BCUT2D eigenvalue weighted by Crippen LogP contribution is 2.33. The van der Waals surface area contributed by atoms with Crippen LogP contribution in [0.5, 0.6) is 0 Å². The Morgan fingerprint density at radius 2 is 1.89 bits per heavy atom. The monoisotopic (exact) mass is 478 g/mol. The lowest BCUT2D eigenvalue weighted by Crippen LogP contribution is -2.18. The minimum atomic E-state index is 0.0863. The van der Waals surface area contributed by atoms with Crippen molar-refractivity contribution in [3.8, 4) is 0 Å². The van der Waals surface area contributed by atoms with Crippen molar-refractivity contribution in [2.75, 3.05) is 18.9 Å². The van der Waals surface area contributed by atoms with Crippen molar-refractivity contribution in [2.24, 2.45) is 0 Å². The van der Waals surface area contributed by atoms with Gasteiger partial charge >= 0.3 is 0 Å². The normalized spacial score (nSPS) is 16.2. The Labute approximate surface area is 213 Å². The van der Waals surface area contributed by atoms with E-state index in [1.54, 1.807) is 0 Å². The molecule has 5 rings (SSSR count). The van der Waals surface area contributed by atoms with E-state index in [1.165, 1.54) is 23.1 Å². The van der Waals surface area contributed by atoms with Crippen LogP contribution in [0.1, 0.15) is 60.1 Å². The average Bonchev–Trinajstić information content (AvgIpc) is 3.28. The largest absolute Gasteiger partial charge is 0.326 e. The van der Waals surface area contributed by atoms with E-state index in [9.17, 15) is 4.79 Å². The van der Waals surface area contributed by atoms with Crippen LogP contribution in [-0.2, 0) is 17.8 Å². The van der Waals surface area contributed by atoms with Crippen molar-refractivity contribution in [1.29, 1.82) is 0 Å². The van der Waals surface area contributed by atoms with Crippen LogP contribution in [0.25, 0.3) is 23.1 Å². The molecule has 3 aromatic carbocycles. The Morgan fingerprint density at radius 1 is 1.06 bits per heavy atom. The predicted molar refractivity (Wildman–Crippen MR) is 149 cm³/mol. The topological polar surface area (TPSA) is 61.0 Å². The van der Waals surface area contributed by atoms with Gasteiger partial charge in [-0.05, 0) is 79.2 Å². The lowest BCUT2D eigenvalue weighted by atomic mass is 9.86. The zero-order valence-electron chi connectivity index (χ0n) is 21.1. The third kappa shape index (κ3) is 5.58. The lowest BCUT2D eigenvalue weighted by molar-refractivity contribution is -0.116. The fraction of sp³-hybridized carbons (Fsp3) is 0.290. The summed E-state index contributed by atoms with van der Waals surface area (Å²) in [6.07, 6.45) is 7.63. The maximum atomic E-state index is 12.3. The summed E-state index contributed by atoms with van der Waals surface area (Å²) < 4.78 is 0. The number of aromatic amines is 1. The van der Waals surface area contributed by atoms with Crippen molar-refractivity contribution in [3.63, 3.8) is 0 Å². The van der Waals surface area contributed by atoms with Gasteiger partial charge in [0.2, 0.25) is 5.91 Å². The molecular formula is C31H34N4O. The predicted octanol–water partition coefficient (Wildman–Crippen LogP) is 6.63. The highest BCUT2D eigenvalue weighted by molar-refractivity contribution is 5.92. The van der Waals surface area contributed by atoms with Crippen LogP contribution in [0.3, 0.4) is 0 Å². The number of aromatic nitrogens is 2. The maximum Gasteiger partial charge on any atom is 0.224 e. The van der Waals surface area contributed by atoms with E-state index < -0.39 is 0 Å². The molecule has 2 N–H and O–H groups in total. The second-order valence-corrected chi connectivity index (χ2v) is 9.87. The zero-order chi connectivity index (χ0) is 24.9. The molecule has 0 fully saturated rings. The molecular weight excluding hydrogens is 444 g/mol. The molecule has 4 aromatic rings. The first-order chi connectivity index (χ1) is 17.6.